The van der Waals surface area contributed by atoms with Crippen molar-refractivity contribution in [3.8, 4) is 0 Å². The first-order valence-corrected chi connectivity index (χ1v) is 7.05. The molecule has 2 aliphatic rings. The Balaban J connectivity index is 1.67. The van der Waals surface area contributed by atoms with E-state index in [0.29, 0.717) is 6.54 Å². The number of nitrogens with one attached hydrogen (secondary N) is 1. The number of anilines is 1. The molecule has 1 amide bonds. The highest BCUT2D eigenvalue weighted by molar-refractivity contribution is 5.90. The Morgan fingerprint density at radius 1 is 1.30 bits per heavy atom. The second-order valence-electron chi connectivity index (χ2n) is 5.08. The molecule has 0 aliphatic carbocycles. The molecule has 1 aromatic heterocycles. The quantitative estimate of drug-likeness (QED) is 0.847. The molecule has 0 unspecified atom stereocenters. The monoisotopic (exact) mass is 270 g/mol. The molecule has 2 aliphatic heterocycles. The lowest BCUT2D eigenvalue weighted by Gasteiger charge is -2.15. The molecule has 0 bridgehead atoms. The van der Waals surface area contributed by atoms with E-state index >= 15 is 0 Å². The van der Waals surface area contributed by atoms with E-state index in [1.165, 1.54) is 12.8 Å². The Kier molecular flexibility index (Phi) is 3.76. The summed E-state index contributed by atoms with van der Waals surface area (Å²) in [5, 5.41) is 2.74. The minimum absolute atomic E-state index is 0.0640. The predicted molar refractivity (Wildman–Crippen MR) is 79.0 cm³/mol. The summed E-state index contributed by atoms with van der Waals surface area (Å²) in [5.74, 6) is 0.974. The zero-order chi connectivity index (χ0) is 13.8. The molecule has 0 atom stereocenters. The summed E-state index contributed by atoms with van der Waals surface area (Å²) in [6.45, 7) is 2.86. The highest BCUT2D eigenvalue weighted by Gasteiger charge is 2.12. The van der Waals surface area contributed by atoms with Gasteiger partial charge in [-0.1, -0.05) is 0 Å². The van der Waals surface area contributed by atoms with Crippen molar-refractivity contribution in [3.05, 3.63) is 35.7 Å². The number of pyridine rings is 1. The Morgan fingerprint density at radius 2 is 2.15 bits per heavy atom. The molecule has 1 fully saturated rings. The van der Waals surface area contributed by atoms with Crippen molar-refractivity contribution in [3.63, 3.8) is 0 Å². The Hall–Kier alpha value is -2.17. The van der Waals surface area contributed by atoms with Crippen LogP contribution >= 0.6 is 0 Å². The van der Waals surface area contributed by atoms with Crippen molar-refractivity contribution >= 4 is 17.9 Å². The average molecular weight is 270 g/mol. The maximum absolute atomic E-state index is 11.2. The van der Waals surface area contributed by atoms with E-state index in [9.17, 15) is 4.79 Å². The highest BCUT2D eigenvalue weighted by Crippen LogP contribution is 2.17. The van der Waals surface area contributed by atoms with E-state index < -0.39 is 0 Å². The predicted octanol–water partition coefficient (Wildman–Crippen LogP) is 1.50. The summed E-state index contributed by atoms with van der Waals surface area (Å²) >= 11 is 0. The summed E-state index contributed by atoms with van der Waals surface area (Å²) in [6.07, 6.45) is 8.43. The van der Waals surface area contributed by atoms with Gasteiger partial charge in [0.25, 0.3) is 0 Å². The molecule has 5 nitrogen and oxygen atoms in total. The van der Waals surface area contributed by atoms with E-state index in [1.807, 2.05) is 18.3 Å². The molecule has 5 heteroatoms. The van der Waals surface area contributed by atoms with Crippen molar-refractivity contribution < 1.29 is 4.79 Å². The fourth-order valence-corrected chi connectivity index (χ4v) is 2.45. The van der Waals surface area contributed by atoms with Gasteiger partial charge in [0.05, 0.1) is 0 Å². The third-order valence-electron chi connectivity index (χ3n) is 3.56. The number of hydrogen-bond donors (Lipinski definition) is 1. The van der Waals surface area contributed by atoms with Crippen LogP contribution in [0.1, 0.15) is 24.8 Å². The maximum Gasteiger partial charge on any atom is 0.245 e. The minimum atomic E-state index is -0.0640. The lowest BCUT2D eigenvalue weighted by molar-refractivity contribution is -0.116. The van der Waals surface area contributed by atoms with E-state index in [2.05, 4.69) is 20.2 Å². The van der Waals surface area contributed by atoms with Crippen molar-refractivity contribution in [1.82, 2.24) is 10.3 Å². The van der Waals surface area contributed by atoms with Gasteiger partial charge in [-0.2, -0.15) is 0 Å². The van der Waals surface area contributed by atoms with Crippen molar-refractivity contribution in [2.24, 2.45) is 4.99 Å². The van der Waals surface area contributed by atoms with Crippen LogP contribution in [0.5, 0.6) is 0 Å². The van der Waals surface area contributed by atoms with Crippen LogP contribution in [0.2, 0.25) is 0 Å². The van der Waals surface area contributed by atoms with Crippen molar-refractivity contribution in [2.45, 2.75) is 19.3 Å². The largest absolute Gasteiger partial charge is 0.357 e. The molecular formula is C15H18N4O. The zero-order valence-corrected chi connectivity index (χ0v) is 11.4. The van der Waals surface area contributed by atoms with E-state index in [-0.39, 0.29) is 5.91 Å². The first kappa shape index (κ1) is 12.8. The average Bonchev–Trinajstić information content (AvgIpc) is 3.00. The summed E-state index contributed by atoms with van der Waals surface area (Å²) in [4.78, 5) is 22.3. The Labute approximate surface area is 118 Å². The molecule has 104 valence electrons. The molecule has 1 saturated heterocycles. The van der Waals surface area contributed by atoms with Crippen LogP contribution in [0.3, 0.4) is 0 Å². The Morgan fingerprint density at radius 3 is 2.85 bits per heavy atom. The summed E-state index contributed by atoms with van der Waals surface area (Å²) in [6, 6.07) is 4.06. The van der Waals surface area contributed by atoms with Crippen LogP contribution in [0, 0.1) is 0 Å². The van der Waals surface area contributed by atoms with E-state index in [0.717, 1.165) is 36.6 Å². The number of carbonyl (C=O) groups is 1. The first-order valence-electron chi connectivity index (χ1n) is 7.05. The van der Waals surface area contributed by atoms with Crippen LogP contribution in [0.4, 0.5) is 5.82 Å². The van der Waals surface area contributed by atoms with Gasteiger partial charge in [-0.15, -0.1) is 0 Å². The number of aromatic nitrogens is 1. The number of amides is 1. The van der Waals surface area contributed by atoms with Gasteiger partial charge in [-0.3, -0.25) is 9.79 Å². The van der Waals surface area contributed by atoms with Crippen LogP contribution in [-0.4, -0.2) is 36.7 Å². The number of rotatable bonds is 3. The standard InChI is InChI=1S/C15H18N4O/c20-15-9-13(5-6-16-15)17-10-12-3-4-14(18-11-12)19-7-1-2-8-19/h3-4,9-11H,1-2,5-8H2,(H,16,20). The number of hydrogen-bond acceptors (Lipinski definition) is 4. The fourth-order valence-electron chi connectivity index (χ4n) is 2.45. The summed E-state index contributed by atoms with van der Waals surface area (Å²) < 4.78 is 0. The normalized spacial score (nSPS) is 19.3. The summed E-state index contributed by atoms with van der Waals surface area (Å²) in [5.41, 5.74) is 1.78. The van der Waals surface area contributed by atoms with Crippen LogP contribution in [-0.2, 0) is 4.79 Å². The van der Waals surface area contributed by atoms with Gasteiger partial charge in [0.1, 0.15) is 5.82 Å². The number of aliphatic imine (C=N–C) groups is 1. The summed E-state index contributed by atoms with van der Waals surface area (Å²) in [7, 11) is 0. The molecule has 1 N–H and O–H groups in total. The molecule has 0 aromatic carbocycles. The van der Waals surface area contributed by atoms with Gasteiger partial charge >= 0.3 is 0 Å². The molecule has 0 radical (unpaired) electrons. The van der Waals surface area contributed by atoms with Gasteiger partial charge < -0.3 is 10.2 Å². The second-order valence-corrected chi connectivity index (χ2v) is 5.08. The molecule has 0 spiro atoms. The Bertz CT molecular complexity index is 541. The third-order valence-corrected chi connectivity index (χ3v) is 3.56. The van der Waals surface area contributed by atoms with E-state index in [1.54, 1.807) is 12.3 Å². The molecule has 20 heavy (non-hydrogen) atoms. The van der Waals surface area contributed by atoms with Crippen LogP contribution in [0.15, 0.2) is 35.1 Å². The van der Waals surface area contributed by atoms with Gasteiger partial charge in [0.15, 0.2) is 0 Å². The molecule has 3 heterocycles. The van der Waals surface area contributed by atoms with Crippen LogP contribution < -0.4 is 10.2 Å². The van der Waals surface area contributed by atoms with E-state index in [4.69, 9.17) is 0 Å². The van der Waals surface area contributed by atoms with Gasteiger partial charge in [-0.05, 0) is 25.0 Å². The number of nitrogens with zero attached hydrogens (tertiary/aromatic N) is 3. The smallest absolute Gasteiger partial charge is 0.245 e. The highest BCUT2D eigenvalue weighted by atomic mass is 16.1. The second kappa shape index (κ2) is 5.86. The molecule has 3 rings (SSSR count). The lowest BCUT2D eigenvalue weighted by Crippen LogP contribution is -2.26. The lowest BCUT2D eigenvalue weighted by atomic mass is 10.2. The van der Waals surface area contributed by atoms with Crippen molar-refractivity contribution in [1.29, 1.82) is 0 Å². The molecule has 0 saturated carbocycles. The molecule has 1 aromatic rings. The fraction of sp³-hybridized carbons (Fsp3) is 0.400. The zero-order valence-electron chi connectivity index (χ0n) is 11.4. The maximum atomic E-state index is 11.2. The van der Waals surface area contributed by atoms with Gasteiger partial charge in [0.2, 0.25) is 5.91 Å². The van der Waals surface area contributed by atoms with Gasteiger partial charge in [0, 0.05) is 55.8 Å². The van der Waals surface area contributed by atoms with Crippen molar-refractivity contribution in [2.75, 3.05) is 24.5 Å². The van der Waals surface area contributed by atoms with Crippen LogP contribution in [0.25, 0.3) is 0 Å². The molecular weight excluding hydrogens is 252 g/mol. The topological polar surface area (TPSA) is 57.6 Å². The minimum Gasteiger partial charge on any atom is -0.357 e. The number of carbonyl (C=O) groups excluding carboxylic acids is 1. The third kappa shape index (κ3) is 3.04. The first-order chi connectivity index (χ1) is 9.81. The van der Waals surface area contributed by atoms with Gasteiger partial charge in [-0.25, -0.2) is 4.98 Å². The SMILES string of the molecule is O=C1C=C(N=Cc2ccc(N3CCCC3)nc2)CCN1.